The molecule has 0 saturated carbocycles. The van der Waals surface area contributed by atoms with Crippen LogP contribution in [0.2, 0.25) is 0 Å². The van der Waals surface area contributed by atoms with Gasteiger partial charge in [0, 0.05) is 18.1 Å². The molecule has 0 aliphatic carbocycles. The van der Waals surface area contributed by atoms with Crippen LogP contribution in [0.4, 0.5) is 0 Å². The van der Waals surface area contributed by atoms with Crippen LogP contribution in [-0.2, 0) is 16.6 Å². The Morgan fingerprint density at radius 2 is 1.83 bits per heavy atom. The SMILES string of the molecule is CN(Cc1ccc2c(c1)OCCO2)S(=O)(=O)c1cccc(Br)c1. The summed E-state index contributed by atoms with van der Waals surface area (Å²) in [6, 6.07) is 12.1. The van der Waals surface area contributed by atoms with Gasteiger partial charge in [-0.25, -0.2) is 8.42 Å². The molecule has 122 valence electrons. The maximum atomic E-state index is 12.6. The van der Waals surface area contributed by atoms with Gasteiger partial charge in [-0.05, 0) is 35.9 Å². The molecule has 1 heterocycles. The van der Waals surface area contributed by atoms with E-state index in [2.05, 4.69) is 15.9 Å². The fourth-order valence-corrected chi connectivity index (χ4v) is 4.09. The van der Waals surface area contributed by atoms with E-state index >= 15 is 0 Å². The lowest BCUT2D eigenvalue weighted by Crippen LogP contribution is -2.26. The van der Waals surface area contributed by atoms with Gasteiger partial charge in [-0.15, -0.1) is 0 Å². The lowest BCUT2D eigenvalue weighted by Gasteiger charge is -2.21. The first kappa shape index (κ1) is 16.3. The highest BCUT2D eigenvalue weighted by Crippen LogP contribution is 2.31. The van der Waals surface area contributed by atoms with Gasteiger partial charge in [0.1, 0.15) is 13.2 Å². The van der Waals surface area contributed by atoms with Gasteiger partial charge >= 0.3 is 0 Å². The first-order valence-corrected chi connectivity index (χ1v) is 9.30. The normalized spacial score (nSPS) is 14.0. The summed E-state index contributed by atoms with van der Waals surface area (Å²) in [6.45, 7) is 1.29. The first-order chi connectivity index (χ1) is 11.0. The van der Waals surface area contributed by atoms with E-state index in [1.54, 1.807) is 31.3 Å². The van der Waals surface area contributed by atoms with Crippen molar-refractivity contribution < 1.29 is 17.9 Å². The molecule has 0 unspecified atom stereocenters. The molecule has 0 aromatic heterocycles. The van der Waals surface area contributed by atoms with E-state index in [1.807, 2.05) is 18.2 Å². The number of hydrogen-bond acceptors (Lipinski definition) is 4. The Morgan fingerprint density at radius 3 is 2.57 bits per heavy atom. The van der Waals surface area contributed by atoms with Crippen LogP contribution in [0.25, 0.3) is 0 Å². The maximum absolute atomic E-state index is 12.6. The number of rotatable bonds is 4. The molecule has 0 amide bonds. The largest absolute Gasteiger partial charge is 0.486 e. The van der Waals surface area contributed by atoms with Gasteiger partial charge < -0.3 is 9.47 Å². The second kappa shape index (κ2) is 6.51. The standard InChI is InChI=1S/C16H16BrNO4S/c1-18(23(19,20)14-4-2-3-13(17)10-14)11-12-5-6-15-16(9-12)22-8-7-21-15/h2-6,9-10H,7-8,11H2,1H3. The summed E-state index contributed by atoms with van der Waals surface area (Å²) in [4.78, 5) is 0.256. The van der Waals surface area contributed by atoms with E-state index in [9.17, 15) is 8.42 Å². The molecule has 2 aromatic carbocycles. The van der Waals surface area contributed by atoms with Crippen LogP contribution >= 0.6 is 15.9 Å². The molecule has 0 saturated heterocycles. The van der Waals surface area contributed by atoms with Gasteiger partial charge in [0.15, 0.2) is 11.5 Å². The molecular weight excluding hydrogens is 382 g/mol. The number of fused-ring (bicyclic) bond motifs is 1. The maximum Gasteiger partial charge on any atom is 0.243 e. The average Bonchev–Trinajstić information content (AvgIpc) is 2.54. The number of nitrogens with zero attached hydrogens (tertiary/aromatic N) is 1. The molecule has 23 heavy (non-hydrogen) atoms. The zero-order valence-corrected chi connectivity index (χ0v) is 14.9. The monoisotopic (exact) mass is 397 g/mol. The zero-order chi connectivity index (χ0) is 16.4. The van der Waals surface area contributed by atoms with Crippen LogP contribution in [0.5, 0.6) is 11.5 Å². The molecule has 1 aliphatic rings. The quantitative estimate of drug-likeness (QED) is 0.795. The summed E-state index contributed by atoms with van der Waals surface area (Å²) in [5.41, 5.74) is 0.843. The third kappa shape index (κ3) is 3.52. The van der Waals surface area contributed by atoms with Gasteiger partial charge in [-0.2, -0.15) is 4.31 Å². The molecule has 7 heteroatoms. The van der Waals surface area contributed by atoms with Crippen LogP contribution in [0, 0.1) is 0 Å². The minimum atomic E-state index is -3.55. The highest BCUT2D eigenvalue weighted by molar-refractivity contribution is 9.10. The summed E-state index contributed by atoms with van der Waals surface area (Å²) >= 11 is 3.30. The van der Waals surface area contributed by atoms with Crippen molar-refractivity contribution in [1.29, 1.82) is 0 Å². The molecule has 5 nitrogen and oxygen atoms in total. The van der Waals surface area contributed by atoms with Gasteiger partial charge in [0.2, 0.25) is 10.0 Å². The average molecular weight is 398 g/mol. The molecule has 0 fully saturated rings. The molecule has 0 atom stereocenters. The Labute approximate surface area is 144 Å². The third-order valence-electron chi connectivity index (χ3n) is 3.52. The molecule has 0 spiro atoms. The van der Waals surface area contributed by atoms with Crippen LogP contribution in [0.15, 0.2) is 51.8 Å². The van der Waals surface area contributed by atoms with Crippen LogP contribution in [0.3, 0.4) is 0 Å². The molecule has 0 radical (unpaired) electrons. The van der Waals surface area contributed by atoms with Crippen molar-refractivity contribution in [3.8, 4) is 11.5 Å². The second-order valence-corrected chi connectivity index (χ2v) is 8.16. The van der Waals surface area contributed by atoms with Crippen molar-refractivity contribution in [3.05, 3.63) is 52.5 Å². The Bertz CT molecular complexity index is 823. The molecular formula is C16H16BrNO4S. The number of halogens is 1. The van der Waals surface area contributed by atoms with Crippen molar-refractivity contribution in [2.24, 2.45) is 0 Å². The number of ether oxygens (including phenoxy) is 2. The molecule has 2 aromatic rings. The molecule has 0 N–H and O–H groups in total. The van der Waals surface area contributed by atoms with E-state index in [1.165, 1.54) is 4.31 Å². The second-order valence-electron chi connectivity index (χ2n) is 5.20. The van der Waals surface area contributed by atoms with Gasteiger partial charge in [0.05, 0.1) is 4.90 Å². The fraction of sp³-hybridized carbons (Fsp3) is 0.250. The summed E-state index contributed by atoms with van der Waals surface area (Å²) in [5.74, 6) is 1.35. The van der Waals surface area contributed by atoms with Crippen molar-refractivity contribution >= 4 is 26.0 Å². The van der Waals surface area contributed by atoms with Gasteiger partial charge in [-0.1, -0.05) is 28.1 Å². The smallest absolute Gasteiger partial charge is 0.243 e. The van der Waals surface area contributed by atoms with Crippen molar-refractivity contribution in [2.75, 3.05) is 20.3 Å². The topological polar surface area (TPSA) is 55.8 Å². The summed E-state index contributed by atoms with van der Waals surface area (Å²) in [7, 11) is -1.99. The Morgan fingerprint density at radius 1 is 1.09 bits per heavy atom. The van der Waals surface area contributed by atoms with Gasteiger partial charge in [-0.3, -0.25) is 0 Å². The van der Waals surface area contributed by atoms with Crippen molar-refractivity contribution in [1.82, 2.24) is 4.31 Å². The van der Waals surface area contributed by atoms with E-state index in [0.29, 0.717) is 24.7 Å². The first-order valence-electron chi connectivity index (χ1n) is 7.07. The van der Waals surface area contributed by atoms with E-state index in [0.717, 1.165) is 10.0 Å². The number of hydrogen-bond donors (Lipinski definition) is 0. The van der Waals surface area contributed by atoms with Gasteiger partial charge in [0.25, 0.3) is 0 Å². The Balaban J connectivity index is 1.82. The summed E-state index contributed by atoms with van der Waals surface area (Å²) < 4.78 is 38.3. The number of sulfonamides is 1. The minimum Gasteiger partial charge on any atom is -0.486 e. The van der Waals surface area contributed by atoms with E-state index in [4.69, 9.17) is 9.47 Å². The zero-order valence-electron chi connectivity index (χ0n) is 12.5. The lowest BCUT2D eigenvalue weighted by molar-refractivity contribution is 0.171. The van der Waals surface area contributed by atoms with E-state index in [-0.39, 0.29) is 11.4 Å². The van der Waals surface area contributed by atoms with Crippen LogP contribution in [-0.4, -0.2) is 33.0 Å². The third-order valence-corrected chi connectivity index (χ3v) is 5.81. The predicted molar refractivity (Wildman–Crippen MR) is 90.2 cm³/mol. The minimum absolute atomic E-state index is 0.255. The van der Waals surface area contributed by atoms with Crippen LogP contribution in [0.1, 0.15) is 5.56 Å². The Kier molecular flexibility index (Phi) is 4.61. The van der Waals surface area contributed by atoms with Crippen LogP contribution < -0.4 is 9.47 Å². The lowest BCUT2D eigenvalue weighted by atomic mass is 10.2. The highest BCUT2D eigenvalue weighted by atomic mass is 79.9. The van der Waals surface area contributed by atoms with Crippen molar-refractivity contribution in [2.45, 2.75) is 11.4 Å². The van der Waals surface area contributed by atoms with E-state index < -0.39 is 10.0 Å². The Hall–Kier alpha value is -1.57. The highest BCUT2D eigenvalue weighted by Gasteiger charge is 2.22. The molecule has 1 aliphatic heterocycles. The summed E-state index contributed by atoms with van der Waals surface area (Å²) in [5, 5.41) is 0. The summed E-state index contributed by atoms with van der Waals surface area (Å²) in [6.07, 6.45) is 0. The number of benzene rings is 2. The van der Waals surface area contributed by atoms with Crippen molar-refractivity contribution in [3.63, 3.8) is 0 Å². The molecule has 3 rings (SSSR count). The fourth-order valence-electron chi connectivity index (χ4n) is 2.34. The molecule has 0 bridgehead atoms. The predicted octanol–water partition coefficient (Wildman–Crippen LogP) is 3.04.